The fraction of sp³-hybridized carbons (Fsp3) is 0.412. The number of thiophene rings is 1. The molecule has 0 spiro atoms. The lowest BCUT2D eigenvalue weighted by Gasteiger charge is -2.26. The van der Waals surface area contributed by atoms with Gasteiger partial charge < -0.3 is 9.64 Å². The van der Waals surface area contributed by atoms with Crippen molar-refractivity contribution in [3.05, 3.63) is 34.5 Å². The molecule has 0 N–H and O–H groups in total. The van der Waals surface area contributed by atoms with E-state index in [0.717, 1.165) is 32.4 Å². The van der Waals surface area contributed by atoms with Crippen LogP contribution in [0.15, 0.2) is 18.2 Å². The first-order chi connectivity index (χ1) is 11.1. The van der Waals surface area contributed by atoms with Crippen molar-refractivity contribution in [1.29, 1.82) is 0 Å². The summed E-state index contributed by atoms with van der Waals surface area (Å²) in [5, 5.41) is 0.451. The second kappa shape index (κ2) is 6.66. The molecule has 23 heavy (non-hydrogen) atoms. The van der Waals surface area contributed by atoms with Gasteiger partial charge in [-0.3, -0.25) is 4.79 Å². The maximum Gasteiger partial charge on any atom is 0.349 e. The van der Waals surface area contributed by atoms with Crippen LogP contribution >= 0.6 is 11.3 Å². The number of carbonyl (C=O) groups excluding carboxylic acids is 2. The Morgan fingerprint density at radius 2 is 2.00 bits per heavy atom. The summed E-state index contributed by atoms with van der Waals surface area (Å²) in [7, 11) is 0. The Morgan fingerprint density at radius 3 is 2.70 bits per heavy atom. The predicted octanol–water partition coefficient (Wildman–Crippen LogP) is 3.52. The zero-order chi connectivity index (χ0) is 16.4. The van der Waals surface area contributed by atoms with Gasteiger partial charge >= 0.3 is 5.97 Å². The van der Waals surface area contributed by atoms with Gasteiger partial charge in [-0.15, -0.1) is 11.3 Å². The van der Waals surface area contributed by atoms with Crippen molar-refractivity contribution in [2.45, 2.75) is 26.2 Å². The summed E-state index contributed by atoms with van der Waals surface area (Å²) in [5.41, 5.74) is 0.568. The standard InChI is InChI=1S/C17H18FNO3S/c1-11-15-12(18)6-5-7-13(15)23-16(11)17(21)22-10-14(20)19-8-3-2-4-9-19/h5-7H,2-4,8-10H2,1H3. The molecule has 1 amide bonds. The number of hydrogen-bond donors (Lipinski definition) is 0. The van der Waals surface area contributed by atoms with E-state index in [1.54, 1.807) is 24.0 Å². The van der Waals surface area contributed by atoms with Crippen molar-refractivity contribution in [1.82, 2.24) is 4.90 Å². The molecule has 1 aliphatic heterocycles. The molecule has 0 atom stereocenters. The number of benzene rings is 1. The van der Waals surface area contributed by atoms with Gasteiger partial charge in [-0.1, -0.05) is 6.07 Å². The molecule has 6 heteroatoms. The maximum absolute atomic E-state index is 13.9. The van der Waals surface area contributed by atoms with E-state index in [2.05, 4.69) is 0 Å². The number of esters is 1. The minimum absolute atomic E-state index is 0.164. The molecular weight excluding hydrogens is 317 g/mol. The third kappa shape index (κ3) is 3.22. The first kappa shape index (κ1) is 15.9. The Balaban J connectivity index is 1.70. The topological polar surface area (TPSA) is 46.6 Å². The average Bonchev–Trinajstić information content (AvgIpc) is 2.91. The third-order valence-corrected chi connectivity index (χ3v) is 5.36. The number of nitrogens with zero attached hydrogens (tertiary/aromatic N) is 1. The zero-order valence-corrected chi connectivity index (χ0v) is 13.7. The van der Waals surface area contributed by atoms with E-state index in [1.165, 1.54) is 17.4 Å². The summed E-state index contributed by atoms with van der Waals surface area (Å²) in [5.74, 6) is -1.07. The quantitative estimate of drug-likeness (QED) is 0.806. The number of fused-ring (bicyclic) bond motifs is 1. The summed E-state index contributed by atoms with van der Waals surface area (Å²) in [6.45, 7) is 2.90. The second-order valence-electron chi connectivity index (χ2n) is 5.69. The number of halogens is 1. The predicted molar refractivity (Wildman–Crippen MR) is 87.2 cm³/mol. The van der Waals surface area contributed by atoms with E-state index in [4.69, 9.17) is 4.74 Å². The molecule has 0 bridgehead atoms. The minimum Gasteiger partial charge on any atom is -0.451 e. The SMILES string of the molecule is Cc1c(C(=O)OCC(=O)N2CCCCC2)sc2cccc(F)c12. The molecule has 1 aromatic heterocycles. The van der Waals surface area contributed by atoms with Gasteiger partial charge in [-0.05, 0) is 43.9 Å². The van der Waals surface area contributed by atoms with Gasteiger partial charge in [0.05, 0.1) is 0 Å². The van der Waals surface area contributed by atoms with Crippen LogP contribution in [0.1, 0.15) is 34.5 Å². The molecule has 1 saturated heterocycles. The molecule has 2 heterocycles. The number of hydrogen-bond acceptors (Lipinski definition) is 4. The molecule has 122 valence electrons. The van der Waals surface area contributed by atoms with Crippen molar-refractivity contribution < 1.29 is 18.7 Å². The van der Waals surface area contributed by atoms with Crippen LogP contribution in [0.2, 0.25) is 0 Å². The fourth-order valence-electron chi connectivity index (χ4n) is 2.88. The van der Waals surface area contributed by atoms with Crippen LogP contribution in [-0.2, 0) is 9.53 Å². The van der Waals surface area contributed by atoms with E-state index in [1.807, 2.05) is 0 Å². The summed E-state index contributed by atoms with van der Waals surface area (Å²) in [6, 6.07) is 4.76. The van der Waals surface area contributed by atoms with E-state index in [-0.39, 0.29) is 18.3 Å². The second-order valence-corrected chi connectivity index (χ2v) is 6.74. The molecule has 3 rings (SSSR count). The van der Waals surface area contributed by atoms with E-state index in [0.29, 0.717) is 20.5 Å². The minimum atomic E-state index is -0.562. The van der Waals surface area contributed by atoms with Crippen LogP contribution in [-0.4, -0.2) is 36.5 Å². The lowest BCUT2D eigenvalue weighted by atomic mass is 10.1. The first-order valence-electron chi connectivity index (χ1n) is 7.70. The molecular formula is C17H18FNO3S. The largest absolute Gasteiger partial charge is 0.451 e. The third-order valence-electron chi connectivity index (χ3n) is 4.12. The Kier molecular flexibility index (Phi) is 4.61. The van der Waals surface area contributed by atoms with Crippen molar-refractivity contribution in [3.8, 4) is 0 Å². The Labute approximate surface area is 137 Å². The molecule has 0 unspecified atom stereocenters. The van der Waals surface area contributed by atoms with Crippen molar-refractivity contribution >= 4 is 33.3 Å². The van der Waals surface area contributed by atoms with E-state index >= 15 is 0 Å². The van der Waals surface area contributed by atoms with Gasteiger partial charge in [0.25, 0.3) is 5.91 Å². The fourth-order valence-corrected chi connectivity index (χ4v) is 3.99. The lowest BCUT2D eigenvalue weighted by Crippen LogP contribution is -2.38. The van der Waals surface area contributed by atoms with Gasteiger partial charge in [0.15, 0.2) is 6.61 Å². The highest BCUT2D eigenvalue weighted by atomic mass is 32.1. The molecule has 4 nitrogen and oxygen atoms in total. The van der Waals surface area contributed by atoms with Crippen LogP contribution in [0.25, 0.3) is 10.1 Å². The molecule has 1 aliphatic rings. The maximum atomic E-state index is 13.9. The lowest BCUT2D eigenvalue weighted by molar-refractivity contribution is -0.135. The summed E-state index contributed by atoms with van der Waals surface area (Å²) in [6.07, 6.45) is 3.12. The monoisotopic (exact) mass is 335 g/mol. The number of amides is 1. The van der Waals surface area contributed by atoms with Gasteiger partial charge in [-0.25, -0.2) is 9.18 Å². The van der Waals surface area contributed by atoms with Crippen LogP contribution in [0, 0.1) is 12.7 Å². The highest BCUT2D eigenvalue weighted by Crippen LogP contribution is 2.32. The number of rotatable bonds is 3. The summed E-state index contributed by atoms with van der Waals surface area (Å²) < 4.78 is 19.7. The van der Waals surface area contributed by atoms with Gasteiger partial charge in [-0.2, -0.15) is 0 Å². The number of ether oxygens (including phenoxy) is 1. The number of likely N-dealkylation sites (tertiary alicyclic amines) is 1. The Morgan fingerprint density at radius 1 is 1.26 bits per heavy atom. The number of aryl methyl sites for hydroxylation is 1. The molecule has 0 aliphatic carbocycles. The first-order valence-corrected chi connectivity index (χ1v) is 8.52. The molecule has 0 radical (unpaired) electrons. The molecule has 1 aromatic carbocycles. The van der Waals surface area contributed by atoms with Crippen LogP contribution < -0.4 is 0 Å². The van der Waals surface area contributed by atoms with Gasteiger partial charge in [0.2, 0.25) is 0 Å². The molecule has 2 aromatic rings. The Hall–Kier alpha value is -1.95. The number of piperidine rings is 1. The van der Waals surface area contributed by atoms with Gasteiger partial charge in [0, 0.05) is 23.2 Å². The van der Waals surface area contributed by atoms with Crippen LogP contribution in [0.5, 0.6) is 0 Å². The van der Waals surface area contributed by atoms with Crippen LogP contribution in [0.3, 0.4) is 0 Å². The summed E-state index contributed by atoms with van der Waals surface area (Å²) >= 11 is 1.19. The van der Waals surface area contributed by atoms with Crippen molar-refractivity contribution in [2.75, 3.05) is 19.7 Å². The normalized spacial score (nSPS) is 15.0. The highest BCUT2D eigenvalue weighted by Gasteiger charge is 2.22. The number of carbonyl (C=O) groups is 2. The van der Waals surface area contributed by atoms with Crippen LogP contribution in [0.4, 0.5) is 4.39 Å². The summed E-state index contributed by atoms with van der Waals surface area (Å²) in [4.78, 5) is 26.4. The van der Waals surface area contributed by atoms with Crippen molar-refractivity contribution in [3.63, 3.8) is 0 Å². The smallest absolute Gasteiger partial charge is 0.349 e. The van der Waals surface area contributed by atoms with Crippen molar-refractivity contribution in [2.24, 2.45) is 0 Å². The van der Waals surface area contributed by atoms with E-state index in [9.17, 15) is 14.0 Å². The highest BCUT2D eigenvalue weighted by molar-refractivity contribution is 7.21. The van der Waals surface area contributed by atoms with Gasteiger partial charge in [0.1, 0.15) is 10.7 Å². The van der Waals surface area contributed by atoms with E-state index < -0.39 is 5.97 Å². The zero-order valence-electron chi connectivity index (χ0n) is 12.9. The molecule has 0 saturated carbocycles. The molecule has 1 fully saturated rings. The Bertz CT molecular complexity index is 750. The average molecular weight is 335 g/mol.